The van der Waals surface area contributed by atoms with Crippen molar-refractivity contribution in [3.8, 4) is 0 Å². The first-order valence-electron chi connectivity index (χ1n) is 5.95. The molecule has 0 aliphatic carbocycles. The fourth-order valence-corrected chi connectivity index (χ4v) is 1.95. The van der Waals surface area contributed by atoms with Gasteiger partial charge in [0.2, 0.25) is 0 Å². The van der Waals surface area contributed by atoms with Crippen LogP contribution in [0, 0.1) is 20.8 Å². The molecule has 0 saturated heterocycles. The lowest BCUT2D eigenvalue weighted by molar-refractivity contribution is 0.730. The molecule has 5 heteroatoms. The van der Waals surface area contributed by atoms with E-state index in [0.717, 1.165) is 22.9 Å². The van der Waals surface area contributed by atoms with Crippen molar-refractivity contribution in [3.63, 3.8) is 0 Å². The number of rotatable bonds is 3. The highest BCUT2D eigenvalue weighted by Gasteiger charge is 2.09. The Morgan fingerprint density at radius 2 is 2.00 bits per heavy atom. The second kappa shape index (κ2) is 4.68. The maximum Gasteiger partial charge on any atom is 0.149 e. The van der Waals surface area contributed by atoms with Crippen LogP contribution in [0.1, 0.15) is 22.6 Å². The van der Waals surface area contributed by atoms with Gasteiger partial charge in [-0.15, -0.1) is 0 Å². The van der Waals surface area contributed by atoms with Crippen LogP contribution in [0.4, 0.5) is 11.5 Å². The van der Waals surface area contributed by atoms with E-state index in [-0.39, 0.29) is 0 Å². The highest BCUT2D eigenvalue weighted by molar-refractivity contribution is 5.61. The van der Waals surface area contributed by atoms with Crippen molar-refractivity contribution in [2.24, 2.45) is 7.05 Å². The zero-order chi connectivity index (χ0) is 13.3. The molecule has 0 fully saturated rings. The van der Waals surface area contributed by atoms with E-state index < -0.39 is 0 Å². The number of nitrogens with one attached hydrogen (secondary N) is 1. The molecule has 0 spiro atoms. The fraction of sp³-hybridized carbons (Fsp3) is 0.385. The Labute approximate surface area is 107 Å². The van der Waals surface area contributed by atoms with Crippen molar-refractivity contribution in [2.45, 2.75) is 27.3 Å². The van der Waals surface area contributed by atoms with Crippen LogP contribution in [-0.4, -0.2) is 14.8 Å². The van der Waals surface area contributed by atoms with E-state index >= 15 is 0 Å². The first kappa shape index (κ1) is 12.4. The van der Waals surface area contributed by atoms with Crippen molar-refractivity contribution < 1.29 is 0 Å². The molecule has 96 valence electrons. The van der Waals surface area contributed by atoms with E-state index in [0.29, 0.717) is 12.2 Å². The first-order chi connectivity index (χ1) is 8.49. The molecule has 2 rings (SSSR count). The maximum atomic E-state index is 5.89. The molecule has 0 unspecified atom stereocenters. The normalized spacial score (nSPS) is 10.7. The summed E-state index contributed by atoms with van der Waals surface area (Å²) in [6.45, 7) is 6.71. The molecule has 0 aliphatic rings. The maximum absolute atomic E-state index is 5.89. The highest BCUT2D eigenvalue weighted by Crippen LogP contribution is 2.18. The predicted molar refractivity (Wildman–Crippen MR) is 73.4 cm³/mol. The number of hydrogen-bond acceptors (Lipinski definition) is 4. The summed E-state index contributed by atoms with van der Waals surface area (Å²) < 4.78 is 1.89. The average molecular weight is 245 g/mol. The molecule has 3 N–H and O–H groups in total. The van der Waals surface area contributed by atoms with Gasteiger partial charge in [-0.25, -0.2) is 4.98 Å². The third kappa shape index (κ3) is 2.30. The molecule has 2 heterocycles. The number of pyridine rings is 1. The Morgan fingerprint density at radius 3 is 2.61 bits per heavy atom. The minimum atomic E-state index is 0.666. The Balaban J connectivity index is 2.19. The van der Waals surface area contributed by atoms with E-state index in [1.165, 1.54) is 5.56 Å². The summed E-state index contributed by atoms with van der Waals surface area (Å²) in [6.07, 6.45) is 0. The molecule has 2 aromatic heterocycles. The Hall–Kier alpha value is -2.04. The summed E-state index contributed by atoms with van der Waals surface area (Å²) in [6, 6.07) is 3.77. The lowest BCUT2D eigenvalue weighted by Gasteiger charge is -2.09. The number of nitrogens with zero attached hydrogens (tertiary/aromatic N) is 3. The minimum Gasteiger partial charge on any atom is -0.396 e. The molecule has 18 heavy (non-hydrogen) atoms. The number of aryl methyl sites for hydroxylation is 3. The number of aromatic nitrogens is 3. The number of hydrogen-bond donors (Lipinski definition) is 2. The molecule has 0 bridgehead atoms. The molecule has 0 amide bonds. The zero-order valence-electron chi connectivity index (χ0n) is 11.3. The second-order valence-corrected chi connectivity index (χ2v) is 4.52. The molecular weight excluding hydrogens is 226 g/mol. The monoisotopic (exact) mass is 245 g/mol. The summed E-state index contributed by atoms with van der Waals surface area (Å²) in [5, 5.41) is 7.66. The summed E-state index contributed by atoms with van der Waals surface area (Å²) in [5.74, 6) is 0.734. The van der Waals surface area contributed by atoms with Crippen molar-refractivity contribution in [3.05, 3.63) is 34.8 Å². The lowest BCUT2D eigenvalue weighted by atomic mass is 10.2. The van der Waals surface area contributed by atoms with Crippen LogP contribution in [0.25, 0.3) is 0 Å². The minimum absolute atomic E-state index is 0.666. The largest absolute Gasteiger partial charge is 0.396 e. The first-order valence-corrected chi connectivity index (χ1v) is 5.95. The molecule has 0 atom stereocenters. The molecule has 0 aromatic carbocycles. The summed E-state index contributed by atoms with van der Waals surface area (Å²) in [7, 11) is 1.95. The number of nitrogens with two attached hydrogens (primary N) is 1. The number of nitrogen functional groups attached to an aromatic ring is 1. The SMILES string of the molecule is Cc1ccc(N)c(NCc2c(C)nn(C)c2C)n1. The van der Waals surface area contributed by atoms with Gasteiger partial charge in [-0.1, -0.05) is 0 Å². The Bertz CT molecular complexity index is 571. The van der Waals surface area contributed by atoms with Gasteiger partial charge in [0.25, 0.3) is 0 Å². The molecule has 0 aliphatic heterocycles. The van der Waals surface area contributed by atoms with Gasteiger partial charge in [-0.2, -0.15) is 5.10 Å². The molecule has 0 saturated carbocycles. The van der Waals surface area contributed by atoms with E-state index in [1.54, 1.807) is 0 Å². The van der Waals surface area contributed by atoms with E-state index in [1.807, 2.05) is 37.7 Å². The standard InChI is InChI=1S/C13H19N5/c1-8-5-6-12(14)13(16-8)15-7-11-9(2)17-18(4)10(11)3/h5-6H,7,14H2,1-4H3,(H,15,16). The van der Waals surface area contributed by atoms with E-state index in [4.69, 9.17) is 5.73 Å². The average Bonchev–Trinajstić information content (AvgIpc) is 2.55. The van der Waals surface area contributed by atoms with Crippen molar-refractivity contribution in [1.82, 2.24) is 14.8 Å². The summed E-state index contributed by atoms with van der Waals surface area (Å²) in [5.41, 5.74) is 10.9. The topological polar surface area (TPSA) is 68.8 Å². The lowest BCUT2D eigenvalue weighted by Crippen LogP contribution is -2.06. The third-order valence-electron chi connectivity index (χ3n) is 3.16. The summed E-state index contributed by atoms with van der Waals surface area (Å²) in [4.78, 5) is 4.39. The van der Waals surface area contributed by atoms with Crippen LogP contribution >= 0.6 is 0 Å². The van der Waals surface area contributed by atoms with Gasteiger partial charge in [0.15, 0.2) is 0 Å². The van der Waals surface area contributed by atoms with Crippen molar-refractivity contribution in [1.29, 1.82) is 0 Å². The van der Waals surface area contributed by atoms with Crippen LogP contribution in [0.15, 0.2) is 12.1 Å². The molecule has 2 aromatic rings. The van der Waals surface area contributed by atoms with Gasteiger partial charge in [0.05, 0.1) is 11.4 Å². The smallest absolute Gasteiger partial charge is 0.149 e. The number of anilines is 2. The van der Waals surface area contributed by atoms with Crippen LogP contribution in [0.3, 0.4) is 0 Å². The van der Waals surface area contributed by atoms with Gasteiger partial charge in [0, 0.05) is 30.5 Å². The van der Waals surface area contributed by atoms with Gasteiger partial charge in [-0.3, -0.25) is 4.68 Å². The van der Waals surface area contributed by atoms with Gasteiger partial charge in [0.1, 0.15) is 5.82 Å². The van der Waals surface area contributed by atoms with Gasteiger partial charge >= 0.3 is 0 Å². The second-order valence-electron chi connectivity index (χ2n) is 4.52. The fourth-order valence-electron chi connectivity index (χ4n) is 1.95. The quantitative estimate of drug-likeness (QED) is 0.867. The Morgan fingerprint density at radius 1 is 1.28 bits per heavy atom. The van der Waals surface area contributed by atoms with Crippen molar-refractivity contribution >= 4 is 11.5 Å². The van der Waals surface area contributed by atoms with Gasteiger partial charge in [-0.05, 0) is 32.9 Å². The van der Waals surface area contributed by atoms with Crippen molar-refractivity contribution in [2.75, 3.05) is 11.1 Å². The third-order valence-corrected chi connectivity index (χ3v) is 3.16. The van der Waals surface area contributed by atoms with E-state index in [2.05, 4.69) is 22.3 Å². The highest BCUT2D eigenvalue weighted by atomic mass is 15.3. The van der Waals surface area contributed by atoms with E-state index in [9.17, 15) is 0 Å². The van der Waals surface area contributed by atoms with Gasteiger partial charge < -0.3 is 11.1 Å². The predicted octanol–water partition coefficient (Wildman–Crippen LogP) is 1.93. The zero-order valence-corrected chi connectivity index (χ0v) is 11.3. The Kier molecular flexibility index (Phi) is 3.23. The summed E-state index contributed by atoms with van der Waals surface area (Å²) >= 11 is 0. The van der Waals surface area contributed by atoms with Crippen LogP contribution in [-0.2, 0) is 13.6 Å². The molecular formula is C13H19N5. The van der Waals surface area contributed by atoms with Crippen LogP contribution in [0.5, 0.6) is 0 Å². The molecule has 5 nitrogen and oxygen atoms in total. The van der Waals surface area contributed by atoms with Crippen LogP contribution in [0.2, 0.25) is 0 Å². The van der Waals surface area contributed by atoms with Crippen LogP contribution < -0.4 is 11.1 Å². The molecule has 0 radical (unpaired) electrons.